The fraction of sp³-hybridized carbons (Fsp3) is 0.0909. The Labute approximate surface area is 113 Å². The van der Waals surface area contributed by atoms with Crippen LogP contribution in [0, 0.1) is 11.3 Å². The van der Waals surface area contributed by atoms with Gasteiger partial charge in [-0.25, -0.2) is 4.98 Å². The minimum atomic E-state index is -4.65. The van der Waals surface area contributed by atoms with Gasteiger partial charge in [-0.05, 0) is 34.1 Å². The van der Waals surface area contributed by atoms with E-state index in [4.69, 9.17) is 16.9 Å². The summed E-state index contributed by atoms with van der Waals surface area (Å²) in [5, 5.41) is 8.81. The van der Waals surface area contributed by atoms with Crippen LogP contribution in [-0.2, 0) is 6.18 Å². The standard InChI is InChI=1S/C11H3BrClF3N2/c12-10-7(4-17)9(11(14,15)16)6-3-5(13)1-2-8(6)18-10/h1-3H. The summed E-state index contributed by atoms with van der Waals surface area (Å²) in [6.07, 6.45) is -4.65. The van der Waals surface area contributed by atoms with E-state index in [-0.39, 0.29) is 20.5 Å². The molecule has 1 aromatic heterocycles. The monoisotopic (exact) mass is 334 g/mol. The number of nitrogens with zero attached hydrogens (tertiary/aromatic N) is 2. The molecule has 1 aromatic carbocycles. The van der Waals surface area contributed by atoms with Crippen LogP contribution in [0.5, 0.6) is 0 Å². The molecule has 1 heterocycles. The second-order valence-electron chi connectivity index (χ2n) is 3.42. The van der Waals surface area contributed by atoms with Crippen LogP contribution in [0.15, 0.2) is 22.8 Å². The van der Waals surface area contributed by atoms with Crippen LogP contribution in [0.4, 0.5) is 13.2 Å². The quantitative estimate of drug-likeness (QED) is 0.663. The first-order chi connectivity index (χ1) is 8.34. The fourth-order valence-electron chi connectivity index (χ4n) is 1.60. The molecule has 0 amide bonds. The predicted molar refractivity (Wildman–Crippen MR) is 64.2 cm³/mol. The minimum Gasteiger partial charge on any atom is -0.239 e. The Hall–Kier alpha value is -1.32. The molecule has 0 spiro atoms. The molecule has 92 valence electrons. The first kappa shape index (κ1) is 13.1. The minimum absolute atomic E-state index is 0.123. The van der Waals surface area contributed by atoms with Crippen molar-refractivity contribution in [1.29, 1.82) is 5.26 Å². The Kier molecular flexibility index (Phi) is 3.21. The molecule has 0 saturated heterocycles. The van der Waals surface area contributed by atoms with Gasteiger partial charge in [0.15, 0.2) is 0 Å². The maximum Gasteiger partial charge on any atom is 0.418 e. The van der Waals surface area contributed by atoms with E-state index in [9.17, 15) is 13.2 Å². The van der Waals surface area contributed by atoms with Gasteiger partial charge in [0.2, 0.25) is 0 Å². The Balaban J connectivity index is 3.01. The van der Waals surface area contributed by atoms with Crippen LogP contribution < -0.4 is 0 Å². The van der Waals surface area contributed by atoms with E-state index in [0.717, 1.165) is 6.07 Å². The number of aromatic nitrogens is 1. The number of benzene rings is 1. The van der Waals surface area contributed by atoms with Crippen LogP contribution in [0.3, 0.4) is 0 Å². The summed E-state index contributed by atoms with van der Waals surface area (Å²) in [4.78, 5) is 3.90. The fourth-order valence-corrected chi connectivity index (χ4v) is 2.25. The van der Waals surface area contributed by atoms with Crippen molar-refractivity contribution >= 4 is 38.4 Å². The van der Waals surface area contributed by atoms with E-state index in [0.29, 0.717) is 0 Å². The van der Waals surface area contributed by atoms with E-state index in [2.05, 4.69) is 20.9 Å². The molecule has 2 nitrogen and oxygen atoms in total. The molecule has 2 aromatic rings. The third kappa shape index (κ3) is 2.16. The zero-order valence-corrected chi connectivity index (χ0v) is 10.9. The van der Waals surface area contributed by atoms with Crippen LogP contribution in [0.25, 0.3) is 10.9 Å². The molecule has 0 N–H and O–H groups in total. The molecule has 7 heteroatoms. The second kappa shape index (κ2) is 4.41. The number of halogens is 5. The van der Waals surface area contributed by atoms with Gasteiger partial charge in [0.1, 0.15) is 10.7 Å². The lowest BCUT2D eigenvalue weighted by Gasteiger charge is -2.13. The highest BCUT2D eigenvalue weighted by Gasteiger charge is 2.37. The van der Waals surface area contributed by atoms with Crippen LogP contribution in [0.2, 0.25) is 5.02 Å². The summed E-state index contributed by atoms with van der Waals surface area (Å²) in [7, 11) is 0. The maximum absolute atomic E-state index is 13.0. The molecule has 0 radical (unpaired) electrons. The van der Waals surface area contributed by atoms with Crippen LogP contribution in [0.1, 0.15) is 11.1 Å². The van der Waals surface area contributed by atoms with Crippen molar-refractivity contribution in [3.63, 3.8) is 0 Å². The molecule has 0 fully saturated rings. The maximum atomic E-state index is 13.0. The number of hydrogen-bond donors (Lipinski definition) is 0. The van der Waals surface area contributed by atoms with Crippen molar-refractivity contribution in [2.24, 2.45) is 0 Å². The molecule has 0 atom stereocenters. The number of nitriles is 1. The third-order valence-corrected chi connectivity index (χ3v) is 3.11. The molecular weight excluding hydrogens is 332 g/mol. The highest BCUT2D eigenvalue weighted by atomic mass is 79.9. The number of hydrogen-bond acceptors (Lipinski definition) is 2. The van der Waals surface area contributed by atoms with Crippen molar-refractivity contribution in [1.82, 2.24) is 4.98 Å². The van der Waals surface area contributed by atoms with Crippen LogP contribution in [-0.4, -0.2) is 4.98 Å². The van der Waals surface area contributed by atoms with Gasteiger partial charge in [-0.2, -0.15) is 18.4 Å². The Bertz CT molecular complexity index is 677. The Morgan fingerprint density at radius 2 is 2.00 bits per heavy atom. The summed E-state index contributed by atoms with van der Waals surface area (Å²) >= 11 is 8.56. The summed E-state index contributed by atoms with van der Waals surface area (Å²) in [5.74, 6) is 0. The normalized spacial score (nSPS) is 11.6. The van der Waals surface area contributed by atoms with Gasteiger partial charge in [0, 0.05) is 10.4 Å². The van der Waals surface area contributed by atoms with Gasteiger partial charge < -0.3 is 0 Å². The SMILES string of the molecule is N#Cc1c(Br)nc2ccc(Cl)cc2c1C(F)(F)F. The molecule has 18 heavy (non-hydrogen) atoms. The van der Waals surface area contributed by atoms with Gasteiger partial charge >= 0.3 is 6.18 Å². The van der Waals surface area contributed by atoms with E-state index < -0.39 is 17.3 Å². The summed E-state index contributed by atoms with van der Waals surface area (Å²) in [5.41, 5.74) is -1.45. The van der Waals surface area contributed by atoms with Gasteiger partial charge in [-0.3, -0.25) is 0 Å². The van der Waals surface area contributed by atoms with E-state index >= 15 is 0 Å². The lowest BCUT2D eigenvalue weighted by molar-refractivity contribution is -0.136. The van der Waals surface area contributed by atoms with E-state index in [1.165, 1.54) is 18.2 Å². The summed E-state index contributed by atoms with van der Waals surface area (Å²) < 4.78 is 39.0. The molecular formula is C11H3BrClF3N2. The molecule has 0 saturated carbocycles. The van der Waals surface area contributed by atoms with Crippen molar-refractivity contribution in [3.8, 4) is 6.07 Å². The summed E-state index contributed by atoms with van der Waals surface area (Å²) in [6.45, 7) is 0. The Morgan fingerprint density at radius 1 is 1.33 bits per heavy atom. The second-order valence-corrected chi connectivity index (χ2v) is 4.61. The molecule has 2 rings (SSSR count). The van der Waals surface area contributed by atoms with Crippen molar-refractivity contribution in [2.75, 3.05) is 0 Å². The smallest absolute Gasteiger partial charge is 0.239 e. The van der Waals surface area contributed by atoms with Crippen molar-refractivity contribution in [2.45, 2.75) is 6.18 Å². The van der Waals surface area contributed by atoms with Gasteiger partial charge in [-0.15, -0.1) is 0 Å². The molecule has 0 bridgehead atoms. The highest BCUT2D eigenvalue weighted by molar-refractivity contribution is 9.10. The topological polar surface area (TPSA) is 36.7 Å². The average Bonchev–Trinajstić information content (AvgIpc) is 2.26. The highest BCUT2D eigenvalue weighted by Crippen LogP contribution is 2.39. The zero-order chi connectivity index (χ0) is 13.5. The number of rotatable bonds is 0. The van der Waals surface area contributed by atoms with Gasteiger partial charge in [0.25, 0.3) is 0 Å². The lowest BCUT2D eigenvalue weighted by atomic mass is 10.0. The average molecular weight is 336 g/mol. The first-order valence-corrected chi connectivity index (χ1v) is 5.77. The molecule has 0 aliphatic rings. The first-order valence-electron chi connectivity index (χ1n) is 4.60. The van der Waals surface area contributed by atoms with Gasteiger partial charge in [-0.1, -0.05) is 11.6 Å². The van der Waals surface area contributed by atoms with E-state index in [1.54, 1.807) is 0 Å². The lowest BCUT2D eigenvalue weighted by Crippen LogP contribution is -2.10. The molecule has 0 aliphatic heterocycles. The molecule has 0 aliphatic carbocycles. The van der Waals surface area contributed by atoms with Crippen LogP contribution >= 0.6 is 27.5 Å². The van der Waals surface area contributed by atoms with Gasteiger partial charge in [0.05, 0.1) is 16.6 Å². The largest absolute Gasteiger partial charge is 0.418 e. The van der Waals surface area contributed by atoms with E-state index in [1.807, 2.05) is 0 Å². The zero-order valence-electron chi connectivity index (χ0n) is 8.52. The van der Waals surface area contributed by atoms with Crippen molar-refractivity contribution in [3.05, 3.63) is 39.0 Å². The molecule has 0 unspecified atom stereocenters. The Morgan fingerprint density at radius 3 is 2.56 bits per heavy atom. The number of fused-ring (bicyclic) bond motifs is 1. The van der Waals surface area contributed by atoms with Crippen molar-refractivity contribution < 1.29 is 13.2 Å². The predicted octanol–water partition coefficient (Wildman–Crippen LogP) is 4.54. The number of pyridine rings is 1. The third-order valence-electron chi connectivity index (χ3n) is 2.30. The summed E-state index contributed by atoms with van der Waals surface area (Å²) in [6, 6.07) is 5.48. The number of alkyl halides is 3.